The summed E-state index contributed by atoms with van der Waals surface area (Å²) < 4.78 is 29.1. The molecule has 0 aliphatic rings. The van der Waals surface area contributed by atoms with E-state index < -0.39 is 10.0 Å². The van der Waals surface area contributed by atoms with Gasteiger partial charge in [0.1, 0.15) is 0 Å². The van der Waals surface area contributed by atoms with E-state index in [1.807, 2.05) is 65.4 Å². The Bertz CT molecular complexity index is 890. The number of nitrogens with zero attached hydrogens (tertiary/aromatic N) is 2. The maximum Gasteiger partial charge on any atom is 0.215 e. The fraction of sp³-hybridized carbons (Fsp3) is 0.250. The lowest BCUT2D eigenvalue weighted by Gasteiger charge is -2.08. The lowest BCUT2D eigenvalue weighted by atomic mass is 10.0. The Balaban J connectivity index is 1.46. The summed E-state index contributed by atoms with van der Waals surface area (Å²) in [4.78, 5) is 3.98. The first-order chi connectivity index (χ1) is 12.6. The number of benzene rings is 2. The number of sulfonamides is 1. The molecule has 6 heteroatoms. The van der Waals surface area contributed by atoms with Crippen molar-refractivity contribution in [1.29, 1.82) is 0 Å². The van der Waals surface area contributed by atoms with Gasteiger partial charge in [0.25, 0.3) is 0 Å². The highest BCUT2D eigenvalue weighted by Gasteiger charge is 2.11. The van der Waals surface area contributed by atoms with Crippen molar-refractivity contribution in [3.05, 3.63) is 78.9 Å². The van der Waals surface area contributed by atoms with Gasteiger partial charge in [-0.3, -0.25) is 0 Å². The van der Waals surface area contributed by atoms with E-state index in [9.17, 15) is 8.42 Å². The average Bonchev–Trinajstić information content (AvgIpc) is 3.16. The number of aryl methyl sites for hydroxylation is 1. The van der Waals surface area contributed by atoms with Crippen LogP contribution in [-0.2, 0) is 22.3 Å². The van der Waals surface area contributed by atoms with E-state index in [0.717, 1.165) is 36.1 Å². The average molecular weight is 369 g/mol. The van der Waals surface area contributed by atoms with Crippen molar-refractivity contribution in [2.75, 3.05) is 6.54 Å². The third-order valence-electron chi connectivity index (χ3n) is 4.14. The van der Waals surface area contributed by atoms with Gasteiger partial charge in [0, 0.05) is 25.5 Å². The summed E-state index contributed by atoms with van der Waals surface area (Å²) in [5.74, 6) is 0.00356. The van der Waals surface area contributed by atoms with Crippen molar-refractivity contribution >= 4 is 10.0 Å². The highest BCUT2D eigenvalue weighted by Crippen LogP contribution is 2.19. The fourth-order valence-corrected chi connectivity index (χ4v) is 3.95. The minimum atomic E-state index is -3.32. The van der Waals surface area contributed by atoms with Crippen molar-refractivity contribution in [3.63, 3.8) is 0 Å². The molecule has 1 aromatic heterocycles. The molecule has 0 saturated heterocycles. The Morgan fingerprint density at radius 1 is 0.923 bits per heavy atom. The van der Waals surface area contributed by atoms with Crippen LogP contribution in [0.2, 0.25) is 0 Å². The molecule has 0 fully saturated rings. The number of hydrogen-bond acceptors (Lipinski definition) is 3. The van der Waals surface area contributed by atoms with Gasteiger partial charge in [-0.25, -0.2) is 18.1 Å². The minimum absolute atomic E-state index is 0.00356. The molecule has 0 aliphatic heterocycles. The molecule has 0 unspecified atom stereocenters. The van der Waals surface area contributed by atoms with Crippen LogP contribution in [0.15, 0.2) is 73.3 Å². The SMILES string of the molecule is O=S(=O)(Cc1ccc(-c2ccccc2)cc1)NCCCCn1ccnc1. The van der Waals surface area contributed by atoms with Crippen LogP contribution in [0.3, 0.4) is 0 Å². The molecule has 26 heavy (non-hydrogen) atoms. The van der Waals surface area contributed by atoms with E-state index in [2.05, 4.69) is 9.71 Å². The lowest BCUT2D eigenvalue weighted by molar-refractivity contribution is 0.565. The van der Waals surface area contributed by atoms with Gasteiger partial charge >= 0.3 is 0 Å². The molecule has 0 atom stereocenters. The Morgan fingerprint density at radius 3 is 2.35 bits per heavy atom. The molecule has 0 bridgehead atoms. The smallest absolute Gasteiger partial charge is 0.215 e. The van der Waals surface area contributed by atoms with Crippen LogP contribution in [0.25, 0.3) is 11.1 Å². The van der Waals surface area contributed by atoms with E-state index >= 15 is 0 Å². The molecule has 0 aliphatic carbocycles. The topological polar surface area (TPSA) is 64.0 Å². The van der Waals surface area contributed by atoms with E-state index in [1.165, 1.54) is 0 Å². The molecule has 2 aromatic carbocycles. The van der Waals surface area contributed by atoms with Crippen LogP contribution < -0.4 is 4.72 Å². The third kappa shape index (κ3) is 5.54. The molecule has 3 rings (SSSR count). The summed E-state index contributed by atoms with van der Waals surface area (Å²) in [6.07, 6.45) is 7.12. The number of nitrogens with one attached hydrogen (secondary N) is 1. The van der Waals surface area contributed by atoms with Crippen molar-refractivity contribution in [3.8, 4) is 11.1 Å². The summed E-state index contributed by atoms with van der Waals surface area (Å²) in [7, 11) is -3.32. The zero-order valence-corrected chi connectivity index (χ0v) is 15.4. The van der Waals surface area contributed by atoms with Crippen LogP contribution in [-0.4, -0.2) is 24.5 Å². The first-order valence-corrected chi connectivity index (χ1v) is 10.3. The van der Waals surface area contributed by atoms with E-state index in [0.29, 0.717) is 6.54 Å². The number of aromatic nitrogens is 2. The summed E-state index contributed by atoms with van der Waals surface area (Å²) in [6, 6.07) is 17.7. The largest absolute Gasteiger partial charge is 0.337 e. The van der Waals surface area contributed by atoms with Crippen LogP contribution in [0.5, 0.6) is 0 Å². The summed E-state index contributed by atoms with van der Waals surface area (Å²) in [5.41, 5.74) is 2.99. The van der Waals surface area contributed by atoms with Gasteiger partial charge < -0.3 is 4.57 Å². The molecule has 0 spiro atoms. The van der Waals surface area contributed by atoms with Crippen LogP contribution in [0, 0.1) is 0 Å². The normalized spacial score (nSPS) is 11.5. The predicted octanol–water partition coefficient (Wildman–Crippen LogP) is 3.45. The molecule has 3 aromatic rings. The van der Waals surface area contributed by atoms with Crippen molar-refractivity contribution in [1.82, 2.24) is 14.3 Å². The molecule has 0 amide bonds. The second kappa shape index (κ2) is 8.78. The molecule has 136 valence electrons. The van der Waals surface area contributed by atoms with Gasteiger partial charge in [-0.1, -0.05) is 54.6 Å². The number of rotatable bonds is 9. The van der Waals surface area contributed by atoms with Gasteiger partial charge in [0.2, 0.25) is 10.0 Å². The van der Waals surface area contributed by atoms with Crippen molar-refractivity contribution in [2.45, 2.75) is 25.1 Å². The Labute approximate surface area is 154 Å². The Hall–Kier alpha value is -2.44. The van der Waals surface area contributed by atoms with E-state index in [4.69, 9.17) is 0 Å². The standard InChI is InChI=1S/C20H23N3O2S/c24-26(25,22-12-4-5-14-23-15-13-21-17-23)16-18-8-10-20(11-9-18)19-6-2-1-3-7-19/h1-3,6-11,13,15,17,22H,4-5,12,14,16H2. The zero-order chi connectivity index (χ0) is 18.2. The van der Waals surface area contributed by atoms with E-state index in [1.54, 1.807) is 12.5 Å². The first-order valence-electron chi connectivity index (χ1n) is 8.70. The van der Waals surface area contributed by atoms with E-state index in [-0.39, 0.29) is 5.75 Å². The number of unbranched alkanes of at least 4 members (excludes halogenated alkanes) is 1. The second-order valence-corrected chi connectivity index (χ2v) is 8.03. The zero-order valence-electron chi connectivity index (χ0n) is 14.6. The minimum Gasteiger partial charge on any atom is -0.337 e. The van der Waals surface area contributed by atoms with Gasteiger partial charge in [-0.15, -0.1) is 0 Å². The van der Waals surface area contributed by atoms with Crippen molar-refractivity contribution in [2.24, 2.45) is 0 Å². The van der Waals surface area contributed by atoms with Gasteiger partial charge in [-0.2, -0.15) is 0 Å². The predicted molar refractivity (Wildman–Crippen MR) is 104 cm³/mol. The molecule has 1 heterocycles. The van der Waals surface area contributed by atoms with Crippen LogP contribution >= 0.6 is 0 Å². The van der Waals surface area contributed by atoms with Gasteiger partial charge in [0.05, 0.1) is 12.1 Å². The lowest BCUT2D eigenvalue weighted by Crippen LogP contribution is -2.26. The molecule has 0 saturated carbocycles. The molecular weight excluding hydrogens is 346 g/mol. The molecule has 1 N–H and O–H groups in total. The molecule has 0 radical (unpaired) electrons. The Morgan fingerprint density at radius 2 is 1.65 bits per heavy atom. The maximum absolute atomic E-state index is 12.2. The van der Waals surface area contributed by atoms with Crippen LogP contribution in [0.1, 0.15) is 18.4 Å². The van der Waals surface area contributed by atoms with Gasteiger partial charge in [0.15, 0.2) is 0 Å². The van der Waals surface area contributed by atoms with Crippen LogP contribution in [0.4, 0.5) is 0 Å². The quantitative estimate of drug-likeness (QED) is 0.588. The number of hydrogen-bond donors (Lipinski definition) is 1. The highest BCUT2D eigenvalue weighted by molar-refractivity contribution is 7.88. The first kappa shape index (κ1) is 18.4. The van der Waals surface area contributed by atoms with Gasteiger partial charge in [-0.05, 0) is 29.5 Å². The molecule has 5 nitrogen and oxygen atoms in total. The molecular formula is C20H23N3O2S. The highest BCUT2D eigenvalue weighted by atomic mass is 32.2. The number of imidazole rings is 1. The summed E-state index contributed by atoms with van der Waals surface area (Å²) in [5, 5.41) is 0. The fourth-order valence-electron chi connectivity index (χ4n) is 2.76. The Kier molecular flexibility index (Phi) is 6.20. The second-order valence-electron chi connectivity index (χ2n) is 6.22. The summed E-state index contributed by atoms with van der Waals surface area (Å²) >= 11 is 0. The maximum atomic E-state index is 12.2. The monoisotopic (exact) mass is 369 g/mol. The summed E-state index contributed by atoms with van der Waals surface area (Å²) in [6.45, 7) is 1.31. The third-order valence-corrected chi connectivity index (χ3v) is 5.50. The van der Waals surface area contributed by atoms with Crippen molar-refractivity contribution < 1.29 is 8.42 Å².